The highest BCUT2D eigenvalue weighted by Crippen LogP contribution is 2.30. The van der Waals surface area contributed by atoms with E-state index >= 15 is 0 Å². The molecule has 1 aromatic rings. The summed E-state index contributed by atoms with van der Waals surface area (Å²) in [7, 11) is 1.61. The second-order valence-electron chi connectivity index (χ2n) is 5.15. The maximum absolute atomic E-state index is 12.3. The molecule has 0 saturated heterocycles. The summed E-state index contributed by atoms with van der Waals surface area (Å²) < 4.78 is 5.02. The quantitative estimate of drug-likeness (QED) is 0.825. The molecule has 1 saturated carbocycles. The van der Waals surface area contributed by atoms with E-state index in [-0.39, 0.29) is 12.5 Å². The van der Waals surface area contributed by atoms with Crippen LogP contribution < -0.4 is 0 Å². The molecular weight excluding hydrogens is 258 g/mol. The van der Waals surface area contributed by atoms with Gasteiger partial charge in [-0.1, -0.05) is 12.1 Å². The van der Waals surface area contributed by atoms with Crippen molar-refractivity contribution >= 4 is 11.9 Å². The molecule has 108 valence electrons. The van der Waals surface area contributed by atoms with Crippen molar-refractivity contribution in [3.63, 3.8) is 0 Å². The van der Waals surface area contributed by atoms with Crippen molar-refractivity contribution in [3.05, 3.63) is 35.4 Å². The molecular formula is C15H19NO4. The van der Waals surface area contributed by atoms with Crippen molar-refractivity contribution in [1.82, 2.24) is 4.90 Å². The van der Waals surface area contributed by atoms with Crippen LogP contribution in [0.3, 0.4) is 0 Å². The van der Waals surface area contributed by atoms with Crippen molar-refractivity contribution in [2.45, 2.75) is 19.4 Å². The topological polar surface area (TPSA) is 66.8 Å². The lowest BCUT2D eigenvalue weighted by Gasteiger charge is -2.20. The summed E-state index contributed by atoms with van der Waals surface area (Å²) in [5.41, 5.74) is 1.50. The number of benzene rings is 1. The van der Waals surface area contributed by atoms with Crippen LogP contribution in [0.25, 0.3) is 0 Å². The summed E-state index contributed by atoms with van der Waals surface area (Å²) in [6, 6.07) is 7.09. The zero-order valence-corrected chi connectivity index (χ0v) is 11.5. The lowest BCUT2D eigenvalue weighted by atomic mass is 10.1. The summed E-state index contributed by atoms with van der Waals surface area (Å²) in [6.07, 6.45) is 2.16. The van der Waals surface area contributed by atoms with Crippen LogP contribution in [0.4, 0.5) is 0 Å². The van der Waals surface area contributed by atoms with Gasteiger partial charge in [0.25, 0.3) is 5.91 Å². The number of carbonyl (C=O) groups is 2. The Balaban J connectivity index is 2.06. The summed E-state index contributed by atoms with van der Waals surface area (Å²) in [5, 5.41) is 8.92. The van der Waals surface area contributed by atoms with Crippen molar-refractivity contribution < 1.29 is 19.4 Å². The van der Waals surface area contributed by atoms with E-state index in [9.17, 15) is 9.59 Å². The van der Waals surface area contributed by atoms with Gasteiger partial charge >= 0.3 is 5.97 Å². The average molecular weight is 277 g/mol. The first kappa shape index (κ1) is 14.5. The van der Waals surface area contributed by atoms with Crippen molar-refractivity contribution in [1.29, 1.82) is 0 Å². The molecule has 1 aliphatic carbocycles. The molecule has 1 aliphatic rings. The Kier molecular flexibility index (Phi) is 4.74. The van der Waals surface area contributed by atoms with E-state index in [1.807, 2.05) is 12.1 Å². The van der Waals surface area contributed by atoms with Gasteiger partial charge in [-0.2, -0.15) is 0 Å². The molecule has 0 unspecified atom stereocenters. The third-order valence-electron chi connectivity index (χ3n) is 3.30. The fourth-order valence-electron chi connectivity index (χ4n) is 2.09. The fraction of sp³-hybridized carbons (Fsp3) is 0.467. The van der Waals surface area contributed by atoms with Gasteiger partial charge in [-0.15, -0.1) is 0 Å². The molecule has 2 rings (SSSR count). The highest BCUT2D eigenvalue weighted by molar-refractivity contribution is 5.95. The number of amides is 1. The Morgan fingerprint density at radius 2 is 1.95 bits per heavy atom. The molecule has 0 heterocycles. The number of ether oxygens (including phenoxy) is 1. The number of carboxylic acids is 1. The zero-order valence-electron chi connectivity index (χ0n) is 11.5. The van der Waals surface area contributed by atoms with Gasteiger partial charge in [-0.3, -0.25) is 9.59 Å². The number of hydrogen-bond acceptors (Lipinski definition) is 3. The van der Waals surface area contributed by atoms with E-state index in [0.717, 1.165) is 18.4 Å². The first-order valence-corrected chi connectivity index (χ1v) is 6.69. The molecule has 1 amide bonds. The van der Waals surface area contributed by atoms with Gasteiger partial charge in [-0.25, -0.2) is 0 Å². The van der Waals surface area contributed by atoms with Crippen LogP contribution in [0, 0.1) is 5.92 Å². The molecule has 0 spiro atoms. The number of nitrogens with zero attached hydrogens (tertiary/aromatic N) is 1. The van der Waals surface area contributed by atoms with Gasteiger partial charge in [0.2, 0.25) is 0 Å². The number of carboxylic acid groups (broad SMARTS) is 1. The van der Waals surface area contributed by atoms with E-state index in [2.05, 4.69) is 0 Å². The van der Waals surface area contributed by atoms with Gasteiger partial charge in [0.15, 0.2) is 0 Å². The van der Waals surface area contributed by atoms with Gasteiger partial charge in [0, 0.05) is 19.2 Å². The highest BCUT2D eigenvalue weighted by Gasteiger charge is 2.28. The second-order valence-corrected chi connectivity index (χ2v) is 5.15. The third-order valence-corrected chi connectivity index (χ3v) is 3.30. The number of carbonyl (C=O) groups excluding carboxylic acids is 1. The minimum absolute atomic E-state index is 0.219. The van der Waals surface area contributed by atoms with Crippen LogP contribution in [0.15, 0.2) is 24.3 Å². The Bertz CT molecular complexity index is 479. The Morgan fingerprint density at radius 3 is 2.45 bits per heavy atom. The second kappa shape index (κ2) is 6.52. The predicted molar refractivity (Wildman–Crippen MR) is 73.4 cm³/mol. The van der Waals surface area contributed by atoms with Crippen LogP contribution in [0.1, 0.15) is 28.8 Å². The Labute approximate surface area is 118 Å². The molecule has 0 bridgehead atoms. The lowest BCUT2D eigenvalue weighted by Crippen LogP contribution is -2.37. The van der Waals surface area contributed by atoms with Crippen molar-refractivity contribution in [2.24, 2.45) is 5.92 Å². The largest absolute Gasteiger partial charge is 0.480 e. The molecule has 0 aliphatic heterocycles. The molecule has 0 aromatic heterocycles. The number of rotatable bonds is 7. The maximum Gasteiger partial charge on any atom is 0.323 e. The van der Waals surface area contributed by atoms with Gasteiger partial charge in [0.05, 0.1) is 6.61 Å². The van der Waals surface area contributed by atoms with E-state index in [1.54, 1.807) is 19.2 Å². The summed E-state index contributed by atoms with van der Waals surface area (Å²) in [6.45, 7) is 0.787. The molecule has 1 aromatic carbocycles. The van der Waals surface area contributed by atoms with Crippen LogP contribution in [0.5, 0.6) is 0 Å². The molecule has 0 radical (unpaired) electrons. The van der Waals surface area contributed by atoms with Crippen LogP contribution >= 0.6 is 0 Å². The van der Waals surface area contributed by atoms with Crippen LogP contribution in [0.2, 0.25) is 0 Å². The zero-order chi connectivity index (χ0) is 14.5. The highest BCUT2D eigenvalue weighted by atomic mass is 16.5. The number of hydrogen-bond donors (Lipinski definition) is 1. The van der Waals surface area contributed by atoms with Crippen LogP contribution in [-0.4, -0.2) is 42.1 Å². The molecule has 1 fully saturated rings. The fourth-order valence-corrected chi connectivity index (χ4v) is 2.09. The normalized spacial score (nSPS) is 14.1. The lowest BCUT2D eigenvalue weighted by molar-refractivity contribution is -0.137. The Morgan fingerprint density at radius 1 is 1.30 bits per heavy atom. The smallest absolute Gasteiger partial charge is 0.323 e. The molecule has 5 nitrogen and oxygen atoms in total. The van der Waals surface area contributed by atoms with Crippen molar-refractivity contribution in [3.8, 4) is 0 Å². The maximum atomic E-state index is 12.3. The van der Waals surface area contributed by atoms with Gasteiger partial charge in [-0.05, 0) is 36.5 Å². The minimum atomic E-state index is -0.977. The van der Waals surface area contributed by atoms with E-state index in [4.69, 9.17) is 9.84 Å². The predicted octanol–water partition coefficient (Wildman–Crippen LogP) is 1.77. The summed E-state index contributed by atoms with van der Waals surface area (Å²) >= 11 is 0. The summed E-state index contributed by atoms with van der Waals surface area (Å²) in [5.74, 6) is -0.732. The molecule has 20 heavy (non-hydrogen) atoms. The van der Waals surface area contributed by atoms with E-state index < -0.39 is 5.97 Å². The molecule has 1 N–H and O–H groups in total. The third kappa shape index (κ3) is 4.06. The van der Waals surface area contributed by atoms with E-state index in [1.165, 1.54) is 4.90 Å². The van der Waals surface area contributed by atoms with Crippen molar-refractivity contribution in [2.75, 3.05) is 20.2 Å². The standard InChI is InChI=1S/C15H19NO4/c1-20-10-12-4-6-13(7-5-12)15(19)16(9-14(17)18)8-11-2-3-11/h4-7,11H,2-3,8-10H2,1H3,(H,17,18). The van der Waals surface area contributed by atoms with Gasteiger partial charge < -0.3 is 14.7 Å². The monoisotopic (exact) mass is 277 g/mol. The first-order chi connectivity index (χ1) is 9.60. The SMILES string of the molecule is COCc1ccc(C(=O)N(CC(=O)O)CC2CC2)cc1. The van der Waals surface area contributed by atoms with E-state index in [0.29, 0.717) is 24.6 Å². The average Bonchev–Trinajstić information content (AvgIpc) is 3.22. The van der Waals surface area contributed by atoms with Crippen LogP contribution in [-0.2, 0) is 16.1 Å². The summed E-state index contributed by atoms with van der Waals surface area (Å²) in [4.78, 5) is 24.6. The molecule has 0 atom stereocenters. The first-order valence-electron chi connectivity index (χ1n) is 6.69. The molecule has 5 heteroatoms. The number of aliphatic carboxylic acids is 1. The number of methoxy groups -OCH3 is 1. The minimum Gasteiger partial charge on any atom is -0.480 e. The van der Waals surface area contributed by atoms with Gasteiger partial charge in [0.1, 0.15) is 6.54 Å². The Hall–Kier alpha value is -1.88.